The van der Waals surface area contributed by atoms with Crippen molar-refractivity contribution in [3.8, 4) is 22.8 Å². The van der Waals surface area contributed by atoms with E-state index in [4.69, 9.17) is 4.52 Å². The van der Waals surface area contributed by atoms with Crippen molar-refractivity contribution in [3.63, 3.8) is 0 Å². The van der Waals surface area contributed by atoms with Crippen LogP contribution in [0, 0.1) is 0 Å². The molecule has 2 heterocycles. The molecule has 0 unspecified atom stereocenters. The second kappa shape index (κ2) is 7.89. The second-order valence-corrected chi connectivity index (χ2v) is 6.19. The van der Waals surface area contributed by atoms with Crippen LogP contribution in [0.1, 0.15) is 13.3 Å². The number of amides is 2. The van der Waals surface area contributed by atoms with Crippen LogP contribution < -0.4 is 10.6 Å². The first-order chi connectivity index (χ1) is 12.2. The molecule has 0 saturated heterocycles. The standard InChI is InChI=1S/C17H16BrN5O2/c1-2-6-20-17(24)21-14-5-3-4-11(8-14)15-22-16(25-23-15)12-7-13(18)10-19-9-12/h3-5,7-10H,2,6H2,1H3,(H2,20,21,24). The number of benzene rings is 1. The molecule has 0 fully saturated rings. The Morgan fingerprint density at radius 3 is 2.92 bits per heavy atom. The zero-order valence-corrected chi connectivity index (χ0v) is 15.1. The molecule has 1 aromatic carbocycles. The third-order valence-corrected chi connectivity index (χ3v) is 3.73. The molecule has 7 nitrogen and oxygen atoms in total. The highest BCUT2D eigenvalue weighted by atomic mass is 79.9. The fourth-order valence-corrected chi connectivity index (χ4v) is 2.50. The van der Waals surface area contributed by atoms with Gasteiger partial charge in [-0.25, -0.2) is 4.79 Å². The molecular weight excluding hydrogens is 386 g/mol. The van der Waals surface area contributed by atoms with Gasteiger partial charge in [-0.15, -0.1) is 0 Å². The average Bonchev–Trinajstić information content (AvgIpc) is 3.10. The van der Waals surface area contributed by atoms with Gasteiger partial charge in [-0.05, 0) is 40.5 Å². The summed E-state index contributed by atoms with van der Waals surface area (Å²) in [6, 6.07) is 8.87. The van der Waals surface area contributed by atoms with Gasteiger partial charge in [0.15, 0.2) is 0 Å². The summed E-state index contributed by atoms with van der Waals surface area (Å²) in [4.78, 5) is 20.2. The predicted molar refractivity (Wildman–Crippen MR) is 98.0 cm³/mol. The van der Waals surface area contributed by atoms with Gasteiger partial charge >= 0.3 is 6.03 Å². The number of nitrogens with zero attached hydrogens (tertiary/aromatic N) is 3. The number of rotatable bonds is 5. The Labute approximate surface area is 153 Å². The summed E-state index contributed by atoms with van der Waals surface area (Å²) in [5.74, 6) is 0.815. The number of hydrogen-bond donors (Lipinski definition) is 2. The number of pyridine rings is 1. The molecule has 0 radical (unpaired) electrons. The summed E-state index contributed by atoms with van der Waals surface area (Å²) >= 11 is 3.36. The van der Waals surface area contributed by atoms with Gasteiger partial charge in [-0.3, -0.25) is 4.98 Å². The molecule has 0 saturated carbocycles. The first kappa shape index (κ1) is 17.1. The molecule has 0 spiro atoms. The quantitative estimate of drug-likeness (QED) is 0.671. The van der Waals surface area contributed by atoms with E-state index in [2.05, 4.69) is 41.7 Å². The maximum atomic E-state index is 11.8. The predicted octanol–water partition coefficient (Wildman–Crippen LogP) is 4.09. The fraction of sp³-hybridized carbons (Fsp3) is 0.176. The van der Waals surface area contributed by atoms with E-state index < -0.39 is 0 Å². The van der Waals surface area contributed by atoms with Gasteiger partial charge in [0.2, 0.25) is 5.82 Å². The highest BCUT2D eigenvalue weighted by Crippen LogP contribution is 2.25. The van der Waals surface area contributed by atoms with Crippen LogP contribution in [0.25, 0.3) is 22.8 Å². The topological polar surface area (TPSA) is 92.9 Å². The molecule has 2 N–H and O–H groups in total. The van der Waals surface area contributed by atoms with E-state index in [0.717, 1.165) is 22.0 Å². The number of hydrogen-bond acceptors (Lipinski definition) is 5. The largest absolute Gasteiger partial charge is 0.338 e. The minimum absolute atomic E-state index is 0.243. The minimum atomic E-state index is -0.243. The van der Waals surface area contributed by atoms with Gasteiger partial charge in [-0.2, -0.15) is 4.98 Å². The molecule has 2 aromatic heterocycles. The zero-order chi connectivity index (χ0) is 17.6. The summed E-state index contributed by atoms with van der Waals surface area (Å²) < 4.78 is 6.14. The number of halogens is 1. The van der Waals surface area contributed by atoms with Gasteiger partial charge in [0.05, 0.1) is 5.56 Å². The summed E-state index contributed by atoms with van der Waals surface area (Å²) in [7, 11) is 0. The molecule has 0 bridgehead atoms. The van der Waals surface area contributed by atoms with Gasteiger partial charge in [0.1, 0.15) is 0 Å². The van der Waals surface area contributed by atoms with E-state index in [0.29, 0.717) is 23.9 Å². The Hall–Kier alpha value is -2.74. The van der Waals surface area contributed by atoms with Gasteiger partial charge in [0.25, 0.3) is 5.89 Å². The molecular formula is C17H16BrN5O2. The van der Waals surface area contributed by atoms with Crippen molar-refractivity contribution in [2.24, 2.45) is 0 Å². The number of aromatic nitrogens is 3. The summed E-state index contributed by atoms with van der Waals surface area (Å²) in [6.45, 7) is 2.62. The third-order valence-electron chi connectivity index (χ3n) is 3.29. The van der Waals surface area contributed by atoms with Crippen LogP contribution in [0.15, 0.2) is 51.7 Å². The lowest BCUT2D eigenvalue weighted by Gasteiger charge is -2.07. The smallest absolute Gasteiger partial charge is 0.319 e. The molecule has 0 aliphatic carbocycles. The van der Waals surface area contributed by atoms with Crippen LogP contribution in [0.3, 0.4) is 0 Å². The Bertz CT molecular complexity index is 881. The molecule has 8 heteroatoms. The molecule has 3 rings (SSSR count). The van der Waals surface area contributed by atoms with E-state index in [9.17, 15) is 4.79 Å². The Kier molecular flexibility index (Phi) is 5.39. The van der Waals surface area contributed by atoms with E-state index in [1.807, 2.05) is 25.1 Å². The van der Waals surface area contributed by atoms with Crippen molar-refractivity contribution in [1.82, 2.24) is 20.4 Å². The normalized spacial score (nSPS) is 10.5. The average molecular weight is 402 g/mol. The van der Waals surface area contributed by atoms with Crippen LogP contribution in [0.5, 0.6) is 0 Å². The van der Waals surface area contributed by atoms with Crippen molar-refractivity contribution in [1.29, 1.82) is 0 Å². The lowest BCUT2D eigenvalue weighted by Crippen LogP contribution is -2.29. The van der Waals surface area contributed by atoms with Crippen LogP contribution in [-0.2, 0) is 0 Å². The molecule has 3 aromatic rings. The molecule has 0 aliphatic rings. The number of anilines is 1. The number of nitrogens with one attached hydrogen (secondary N) is 2. The second-order valence-electron chi connectivity index (χ2n) is 5.28. The molecule has 0 atom stereocenters. The van der Waals surface area contributed by atoms with Gasteiger partial charge in [-0.1, -0.05) is 24.2 Å². The van der Waals surface area contributed by atoms with Crippen molar-refractivity contribution in [3.05, 3.63) is 47.2 Å². The summed E-state index contributed by atoms with van der Waals surface area (Å²) in [5.41, 5.74) is 2.12. The number of carbonyl (C=O) groups excluding carboxylic acids is 1. The maximum absolute atomic E-state index is 11.8. The van der Waals surface area contributed by atoms with Crippen molar-refractivity contribution >= 4 is 27.6 Å². The Morgan fingerprint density at radius 2 is 2.12 bits per heavy atom. The maximum Gasteiger partial charge on any atom is 0.319 e. The van der Waals surface area contributed by atoms with E-state index >= 15 is 0 Å². The minimum Gasteiger partial charge on any atom is -0.338 e. The molecule has 128 valence electrons. The Morgan fingerprint density at radius 1 is 1.24 bits per heavy atom. The van der Waals surface area contributed by atoms with Gasteiger partial charge in [0, 0.05) is 34.7 Å². The van der Waals surface area contributed by atoms with Crippen molar-refractivity contribution < 1.29 is 9.32 Å². The monoisotopic (exact) mass is 401 g/mol. The number of carbonyl (C=O) groups is 1. The SMILES string of the molecule is CCCNC(=O)Nc1cccc(-c2noc(-c3cncc(Br)c3)n2)c1. The molecule has 25 heavy (non-hydrogen) atoms. The van der Waals surface area contributed by atoms with Crippen LogP contribution in [-0.4, -0.2) is 27.7 Å². The van der Waals surface area contributed by atoms with Crippen LogP contribution >= 0.6 is 15.9 Å². The zero-order valence-electron chi connectivity index (χ0n) is 13.5. The van der Waals surface area contributed by atoms with E-state index in [1.54, 1.807) is 24.5 Å². The highest BCUT2D eigenvalue weighted by Gasteiger charge is 2.12. The van der Waals surface area contributed by atoms with Gasteiger partial charge < -0.3 is 15.2 Å². The lowest BCUT2D eigenvalue weighted by molar-refractivity contribution is 0.252. The van der Waals surface area contributed by atoms with E-state index in [1.165, 1.54) is 0 Å². The van der Waals surface area contributed by atoms with Crippen LogP contribution in [0.2, 0.25) is 0 Å². The van der Waals surface area contributed by atoms with Crippen molar-refractivity contribution in [2.75, 3.05) is 11.9 Å². The van der Waals surface area contributed by atoms with Crippen LogP contribution in [0.4, 0.5) is 10.5 Å². The molecule has 0 aliphatic heterocycles. The first-order valence-electron chi connectivity index (χ1n) is 7.75. The molecule has 2 amide bonds. The first-order valence-corrected chi connectivity index (χ1v) is 8.55. The fourth-order valence-electron chi connectivity index (χ4n) is 2.14. The summed E-state index contributed by atoms with van der Waals surface area (Å²) in [6.07, 6.45) is 4.21. The lowest BCUT2D eigenvalue weighted by atomic mass is 10.2. The Balaban J connectivity index is 1.78. The highest BCUT2D eigenvalue weighted by molar-refractivity contribution is 9.10. The van der Waals surface area contributed by atoms with E-state index in [-0.39, 0.29) is 6.03 Å². The van der Waals surface area contributed by atoms with Crippen molar-refractivity contribution in [2.45, 2.75) is 13.3 Å². The number of urea groups is 1. The summed E-state index contributed by atoms with van der Waals surface area (Å²) in [5, 5.41) is 9.54. The third kappa shape index (κ3) is 4.42.